The molecule has 2 N–H and O–H groups in total. The molecule has 0 radical (unpaired) electrons. The van der Waals surface area contributed by atoms with Crippen molar-refractivity contribution < 1.29 is 14.7 Å². The number of hydrogen-bond acceptors (Lipinski definition) is 5. The van der Waals surface area contributed by atoms with Gasteiger partial charge in [0, 0.05) is 19.6 Å². The molecular formula is C18H27N3O3S. The first-order valence-corrected chi connectivity index (χ1v) is 9.48. The van der Waals surface area contributed by atoms with Crippen LogP contribution in [0, 0.1) is 12.3 Å². The van der Waals surface area contributed by atoms with Crippen LogP contribution in [0.1, 0.15) is 55.4 Å². The van der Waals surface area contributed by atoms with Gasteiger partial charge in [0.15, 0.2) is 5.13 Å². The molecule has 2 rings (SSSR count). The van der Waals surface area contributed by atoms with E-state index in [1.165, 1.54) is 11.3 Å². The highest BCUT2D eigenvalue weighted by Crippen LogP contribution is 2.36. The third-order valence-corrected chi connectivity index (χ3v) is 5.64. The molecule has 1 aromatic heterocycles. The van der Waals surface area contributed by atoms with Crippen molar-refractivity contribution in [3.8, 4) is 0 Å². The number of thiazole rings is 1. The van der Waals surface area contributed by atoms with Gasteiger partial charge in [-0.25, -0.2) is 4.98 Å². The first kappa shape index (κ1) is 19.4. The molecule has 7 heteroatoms. The minimum atomic E-state index is -0.895. The van der Waals surface area contributed by atoms with Gasteiger partial charge >= 0.3 is 5.97 Å². The smallest absolute Gasteiger partial charge is 0.311 e. The van der Waals surface area contributed by atoms with E-state index in [9.17, 15) is 14.7 Å². The Morgan fingerprint density at radius 3 is 2.76 bits per heavy atom. The molecule has 138 valence electrons. The fraction of sp³-hybridized carbons (Fsp3) is 0.611. The van der Waals surface area contributed by atoms with E-state index in [1.807, 2.05) is 33.8 Å². The average Bonchev–Trinajstić information content (AvgIpc) is 2.93. The maximum Gasteiger partial charge on any atom is 0.311 e. The Morgan fingerprint density at radius 2 is 2.16 bits per heavy atom. The van der Waals surface area contributed by atoms with Gasteiger partial charge in [-0.1, -0.05) is 23.0 Å². The summed E-state index contributed by atoms with van der Waals surface area (Å²) in [5.41, 5.74) is 0.897. The zero-order valence-corrected chi connectivity index (χ0v) is 16.2. The normalized spacial score (nSPS) is 20.2. The number of allylic oxidation sites excluding steroid dienone is 2. The van der Waals surface area contributed by atoms with E-state index in [0.717, 1.165) is 17.2 Å². The quantitative estimate of drug-likeness (QED) is 0.754. The number of carboxylic acids is 1. The molecule has 1 amide bonds. The van der Waals surface area contributed by atoms with E-state index in [2.05, 4.69) is 10.3 Å². The molecule has 1 aliphatic heterocycles. The lowest BCUT2D eigenvalue weighted by Crippen LogP contribution is -2.49. The summed E-state index contributed by atoms with van der Waals surface area (Å²) in [6.45, 7) is 9.31. The molecule has 2 heterocycles. The number of aryl methyl sites for hydroxylation is 1. The van der Waals surface area contributed by atoms with E-state index in [-0.39, 0.29) is 12.5 Å². The monoisotopic (exact) mass is 365 g/mol. The molecule has 0 saturated carbocycles. The molecule has 0 spiro atoms. The van der Waals surface area contributed by atoms with Gasteiger partial charge < -0.3 is 15.3 Å². The number of carboxylic acid groups (broad SMARTS) is 1. The van der Waals surface area contributed by atoms with Crippen LogP contribution in [0.4, 0.5) is 5.13 Å². The van der Waals surface area contributed by atoms with E-state index >= 15 is 0 Å². The Balaban J connectivity index is 2.22. The van der Waals surface area contributed by atoms with Crippen molar-refractivity contribution in [1.82, 2.24) is 9.88 Å². The Kier molecular flexibility index (Phi) is 6.21. The van der Waals surface area contributed by atoms with E-state index in [4.69, 9.17) is 0 Å². The molecular weight excluding hydrogens is 338 g/mol. The molecule has 1 fully saturated rings. The van der Waals surface area contributed by atoms with Gasteiger partial charge in [0.1, 0.15) is 4.88 Å². The number of amides is 1. The molecule has 0 aliphatic carbocycles. The van der Waals surface area contributed by atoms with Crippen LogP contribution in [0.2, 0.25) is 0 Å². The van der Waals surface area contributed by atoms with Crippen molar-refractivity contribution in [1.29, 1.82) is 0 Å². The minimum Gasteiger partial charge on any atom is -0.481 e. The maximum atomic E-state index is 12.9. The summed E-state index contributed by atoms with van der Waals surface area (Å²) in [5, 5.41) is 13.7. The zero-order valence-electron chi connectivity index (χ0n) is 15.4. The van der Waals surface area contributed by atoms with Crippen molar-refractivity contribution in [2.45, 2.75) is 47.0 Å². The van der Waals surface area contributed by atoms with Gasteiger partial charge in [-0.2, -0.15) is 0 Å². The predicted octanol–water partition coefficient (Wildman–Crippen LogP) is 3.55. The van der Waals surface area contributed by atoms with Gasteiger partial charge in [-0.15, -0.1) is 0 Å². The van der Waals surface area contributed by atoms with E-state index < -0.39 is 11.4 Å². The highest BCUT2D eigenvalue weighted by Gasteiger charge is 2.43. The van der Waals surface area contributed by atoms with Crippen LogP contribution in [-0.2, 0) is 4.79 Å². The third kappa shape index (κ3) is 4.39. The van der Waals surface area contributed by atoms with Gasteiger partial charge in [-0.3, -0.25) is 9.59 Å². The number of piperidine rings is 1. The molecule has 25 heavy (non-hydrogen) atoms. The number of aromatic nitrogens is 1. The number of nitrogens with one attached hydrogen (secondary N) is 1. The topological polar surface area (TPSA) is 82.5 Å². The number of nitrogens with zero attached hydrogens (tertiary/aromatic N) is 2. The highest BCUT2D eigenvalue weighted by atomic mass is 32.1. The number of rotatable bonds is 6. The van der Waals surface area contributed by atoms with Crippen LogP contribution in [0.3, 0.4) is 0 Å². The second kappa shape index (κ2) is 7.99. The van der Waals surface area contributed by atoms with Crippen LogP contribution < -0.4 is 5.32 Å². The van der Waals surface area contributed by atoms with Crippen molar-refractivity contribution in [2.24, 2.45) is 5.41 Å². The van der Waals surface area contributed by atoms with Crippen molar-refractivity contribution >= 4 is 28.3 Å². The Hall–Kier alpha value is -1.89. The third-order valence-electron chi connectivity index (χ3n) is 4.54. The first-order valence-electron chi connectivity index (χ1n) is 8.66. The summed E-state index contributed by atoms with van der Waals surface area (Å²) in [6.07, 6.45) is 3.72. The standard InChI is InChI=1S/C18H27N3O3S/c1-5-19-17-20-13(4)14(25-17)15(22)21-10-6-8-18(11-21,16(23)24)9-7-12(2)3/h7H,5-6,8-11H2,1-4H3,(H,19,20)(H,23,24)/t18-/m0/s1. The van der Waals surface area contributed by atoms with E-state index in [1.54, 1.807) is 4.90 Å². The summed E-state index contributed by atoms with van der Waals surface area (Å²) >= 11 is 1.34. The SMILES string of the molecule is CCNc1nc(C)c(C(=O)N2CCC[C@@](CC=C(C)C)(C(=O)O)C2)s1. The molecule has 1 aromatic rings. The minimum absolute atomic E-state index is 0.110. The number of anilines is 1. The average molecular weight is 365 g/mol. The van der Waals surface area contributed by atoms with Crippen molar-refractivity contribution in [3.05, 3.63) is 22.2 Å². The second-order valence-electron chi connectivity index (χ2n) is 6.87. The highest BCUT2D eigenvalue weighted by molar-refractivity contribution is 7.17. The van der Waals surface area contributed by atoms with Crippen molar-refractivity contribution in [2.75, 3.05) is 25.0 Å². The summed E-state index contributed by atoms with van der Waals surface area (Å²) in [4.78, 5) is 31.6. The molecule has 6 nitrogen and oxygen atoms in total. The van der Waals surface area contributed by atoms with Crippen molar-refractivity contribution in [3.63, 3.8) is 0 Å². The largest absolute Gasteiger partial charge is 0.481 e. The van der Waals surface area contributed by atoms with Crippen LogP contribution >= 0.6 is 11.3 Å². The van der Waals surface area contributed by atoms with Crippen LogP contribution in [0.15, 0.2) is 11.6 Å². The van der Waals surface area contributed by atoms with Gasteiger partial charge in [0.05, 0.1) is 11.1 Å². The number of carbonyl (C=O) groups is 2. The first-order chi connectivity index (χ1) is 11.8. The van der Waals surface area contributed by atoms with Gasteiger partial charge in [-0.05, 0) is 47.0 Å². The number of likely N-dealkylation sites (tertiary alicyclic amines) is 1. The molecule has 1 aliphatic rings. The molecule has 0 bridgehead atoms. The molecule has 1 atom stereocenters. The second-order valence-corrected chi connectivity index (χ2v) is 7.86. The van der Waals surface area contributed by atoms with Crippen LogP contribution in [-0.4, -0.2) is 46.5 Å². The predicted molar refractivity (Wildman–Crippen MR) is 100 cm³/mol. The number of hydrogen-bond donors (Lipinski definition) is 2. The van der Waals surface area contributed by atoms with Crippen LogP contribution in [0.25, 0.3) is 0 Å². The fourth-order valence-corrected chi connectivity index (χ4v) is 4.10. The summed E-state index contributed by atoms with van der Waals surface area (Å²) < 4.78 is 0. The maximum absolute atomic E-state index is 12.9. The lowest BCUT2D eigenvalue weighted by molar-refractivity contribution is -0.151. The fourth-order valence-electron chi connectivity index (χ4n) is 3.10. The summed E-state index contributed by atoms with van der Waals surface area (Å²) in [5.74, 6) is -0.932. The number of aliphatic carboxylic acids is 1. The zero-order chi connectivity index (χ0) is 18.6. The van der Waals surface area contributed by atoms with Gasteiger partial charge in [0.25, 0.3) is 5.91 Å². The number of carbonyl (C=O) groups excluding carboxylic acids is 1. The lowest BCUT2D eigenvalue weighted by Gasteiger charge is -2.39. The lowest BCUT2D eigenvalue weighted by atomic mass is 9.76. The molecule has 1 saturated heterocycles. The Labute approximate surface area is 152 Å². The van der Waals surface area contributed by atoms with Gasteiger partial charge in [0.2, 0.25) is 0 Å². The van der Waals surface area contributed by atoms with Crippen LogP contribution in [0.5, 0.6) is 0 Å². The molecule has 0 unspecified atom stereocenters. The Bertz CT molecular complexity index is 679. The Morgan fingerprint density at radius 1 is 1.44 bits per heavy atom. The molecule has 0 aromatic carbocycles. The summed E-state index contributed by atoms with van der Waals surface area (Å²) in [6, 6.07) is 0. The van der Waals surface area contributed by atoms with E-state index in [0.29, 0.717) is 36.4 Å². The summed E-state index contributed by atoms with van der Waals surface area (Å²) in [7, 11) is 0.